The molecule has 20 heavy (non-hydrogen) atoms. The van der Waals surface area contributed by atoms with E-state index in [2.05, 4.69) is 25.2 Å². The third kappa shape index (κ3) is 3.16. The summed E-state index contributed by atoms with van der Waals surface area (Å²) >= 11 is 0. The molecule has 1 aromatic carbocycles. The molecule has 0 spiro atoms. The molecule has 0 aliphatic rings. The number of anilines is 2. The number of halogens is 3. The Morgan fingerprint density at radius 2 is 1.85 bits per heavy atom. The number of hydrogen-bond acceptors (Lipinski definition) is 6. The Morgan fingerprint density at radius 3 is 2.45 bits per heavy atom. The third-order valence-corrected chi connectivity index (χ3v) is 2.14. The molecule has 0 aliphatic heterocycles. The first-order valence-electron chi connectivity index (χ1n) is 5.22. The molecule has 0 saturated heterocycles. The van der Waals surface area contributed by atoms with Crippen LogP contribution in [0.1, 0.15) is 0 Å². The SMILES string of the molecule is Nc1n[nH]c(N)c1N=Nc1ccccc1OC(F)(F)F. The highest BCUT2D eigenvalue weighted by Gasteiger charge is 2.32. The van der Waals surface area contributed by atoms with Crippen molar-refractivity contribution in [3.8, 4) is 5.75 Å². The van der Waals surface area contributed by atoms with E-state index in [9.17, 15) is 13.2 Å². The molecule has 1 aromatic heterocycles. The zero-order valence-electron chi connectivity index (χ0n) is 9.85. The molecule has 0 amide bonds. The number of para-hydroxylation sites is 1. The molecule has 0 unspecified atom stereocenters. The normalized spacial score (nSPS) is 11.9. The first-order chi connectivity index (χ1) is 9.37. The smallest absolute Gasteiger partial charge is 0.403 e. The topological polar surface area (TPSA) is 115 Å². The van der Waals surface area contributed by atoms with E-state index in [1.54, 1.807) is 0 Å². The number of nitrogen functional groups attached to an aromatic ring is 2. The predicted octanol–water partition coefficient (Wildman–Crippen LogP) is 2.89. The number of H-pyrrole nitrogens is 1. The third-order valence-electron chi connectivity index (χ3n) is 2.14. The van der Waals surface area contributed by atoms with Crippen molar-refractivity contribution >= 4 is 23.0 Å². The van der Waals surface area contributed by atoms with Crippen molar-refractivity contribution in [2.24, 2.45) is 10.2 Å². The molecule has 106 valence electrons. The second kappa shape index (κ2) is 5.07. The number of rotatable bonds is 3. The highest BCUT2D eigenvalue weighted by atomic mass is 19.4. The van der Waals surface area contributed by atoms with Crippen LogP contribution in [-0.2, 0) is 0 Å². The van der Waals surface area contributed by atoms with Crippen LogP contribution in [0.4, 0.5) is 36.2 Å². The number of aromatic nitrogens is 2. The number of azo groups is 1. The van der Waals surface area contributed by atoms with Gasteiger partial charge < -0.3 is 16.2 Å². The molecule has 2 aromatic rings. The first-order valence-corrected chi connectivity index (χ1v) is 5.22. The van der Waals surface area contributed by atoms with Crippen molar-refractivity contribution in [3.63, 3.8) is 0 Å². The summed E-state index contributed by atoms with van der Waals surface area (Å²) in [5.41, 5.74) is 10.9. The number of benzene rings is 1. The summed E-state index contributed by atoms with van der Waals surface area (Å²) in [6.45, 7) is 0. The van der Waals surface area contributed by atoms with E-state index >= 15 is 0 Å². The summed E-state index contributed by atoms with van der Waals surface area (Å²) < 4.78 is 40.5. The lowest BCUT2D eigenvalue weighted by Crippen LogP contribution is -2.17. The van der Waals surface area contributed by atoms with Gasteiger partial charge in [0.25, 0.3) is 0 Å². The fourth-order valence-corrected chi connectivity index (χ4v) is 1.32. The van der Waals surface area contributed by atoms with Crippen LogP contribution in [0.5, 0.6) is 5.75 Å². The van der Waals surface area contributed by atoms with Crippen LogP contribution >= 0.6 is 0 Å². The van der Waals surface area contributed by atoms with Crippen LogP contribution in [0.3, 0.4) is 0 Å². The van der Waals surface area contributed by atoms with Gasteiger partial charge in [0.1, 0.15) is 11.5 Å². The van der Waals surface area contributed by atoms with Gasteiger partial charge in [-0.05, 0) is 12.1 Å². The van der Waals surface area contributed by atoms with E-state index in [0.29, 0.717) is 0 Å². The molecule has 7 nitrogen and oxygen atoms in total. The molecule has 5 N–H and O–H groups in total. The van der Waals surface area contributed by atoms with Gasteiger partial charge in [0.2, 0.25) is 0 Å². The molecular formula is C10H9F3N6O. The fourth-order valence-electron chi connectivity index (χ4n) is 1.32. The second-order valence-corrected chi connectivity index (χ2v) is 3.59. The summed E-state index contributed by atoms with van der Waals surface area (Å²) in [6.07, 6.45) is -4.82. The summed E-state index contributed by atoms with van der Waals surface area (Å²) in [5, 5.41) is 13.2. The number of nitrogens with zero attached hydrogens (tertiary/aromatic N) is 3. The number of aromatic amines is 1. The first kappa shape index (κ1) is 13.6. The molecule has 0 radical (unpaired) electrons. The lowest BCUT2D eigenvalue weighted by Gasteiger charge is -2.09. The molecule has 0 aliphatic carbocycles. The Bertz CT molecular complexity index is 617. The molecule has 10 heteroatoms. The quantitative estimate of drug-likeness (QED) is 0.752. The molecular weight excluding hydrogens is 277 g/mol. The number of hydrogen-bond donors (Lipinski definition) is 3. The van der Waals surface area contributed by atoms with Gasteiger partial charge in [-0.1, -0.05) is 12.1 Å². The average Bonchev–Trinajstić information content (AvgIpc) is 2.66. The maximum atomic E-state index is 12.2. The van der Waals surface area contributed by atoms with Gasteiger partial charge in [0.15, 0.2) is 17.3 Å². The number of alkyl halides is 3. The largest absolute Gasteiger partial charge is 0.573 e. The molecule has 2 rings (SSSR count). The fraction of sp³-hybridized carbons (Fsp3) is 0.100. The van der Waals surface area contributed by atoms with Crippen LogP contribution in [-0.4, -0.2) is 16.6 Å². The van der Waals surface area contributed by atoms with E-state index < -0.39 is 12.1 Å². The Morgan fingerprint density at radius 1 is 1.15 bits per heavy atom. The van der Waals surface area contributed by atoms with Crippen LogP contribution < -0.4 is 16.2 Å². The lowest BCUT2D eigenvalue weighted by atomic mass is 10.3. The maximum absolute atomic E-state index is 12.2. The summed E-state index contributed by atoms with van der Waals surface area (Å²) in [6, 6.07) is 5.28. The van der Waals surface area contributed by atoms with Crippen LogP contribution in [0.15, 0.2) is 34.5 Å². The Balaban J connectivity index is 2.30. The van der Waals surface area contributed by atoms with Gasteiger partial charge in [-0.15, -0.1) is 23.4 Å². The Hall–Kier alpha value is -2.78. The van der Waals surface area contributed by atoms with E-state index in [1.165, 1.54) is 18.2 Å². The summed E-state index contributed by atoms with van der Waals surface area (Å²) in [4.78, 5) is 0. The zero-order chi connectivity index (χ0) is 14.8. The highest BCUT2D eigenvalue weighted by molar-refractivity contribution is 5.70. The van der Waals surface area contributed by atoms with Crippen molar-refractivity contribution in [3.05, 3.63) is 24.3 Å². The number of nitrogens with one attached hydrogen (secondary N) is 1. The summed E-state index contributed by atoms with van der Waals surface area (Å²) in [7, 11) is 0. The van der Waals surface area contributed by atoms with Crippen molar-refractivity contribution in [1.29, 1.82) is 0 Å². The van der Waals surface area contributed by atoms with Gasteiger partial charge >= 0.3 is 6.36 Å². The average molecular weight is 286 g/mol. The van der Waals surface area contributed by atoms with E-state index in [4.69, 9.17) is 11.5 Å². The predicted molar refractivity (Wildman–Crippen MR) is 64.7 cm³/mol. The second-order valence-electron chi connectivity index (χ2n) is 3.59. The van der Waals surface area contributed by atoms with E-state index in [-0.39, 0.29) is 23.0 Å². The van der Waals surface area contributed by atoms with E-state index in [1.807, 2.05) is 0 Å². The molecule has 0 saturated carbocycles. The monoisotopic (exact) mass is 286 g/mol. The lowest BCUT2D eigenvalue weighted by molar-refractivity contribution is -0.274. The molecule has 0 bridgehead atoms. The van der Waals surface area contributed by atoms with Gasteiger partial charge in [0.05, 0.1) is 0 Å². The van der Waals surface area contributed by atoms with Gasteiger partial charge in [-0.2, -0.15) is 5.10 Å². The standard InChI is InChI=1S/C10H9F3N6O/c11-10(12,13)20-6-4-2-1-3-5(6)16-17-7-8(14)18-19-9(7)15/h1-4H,(H5,14,15,18,19). The summed E-state index contributed by atoms with van der Waals surface area (Å²) in [5.74, 6) is -0.440. The van der Waals surface area contributed by atoms with Crippen LogP contribution in [0.2, 0.25) is 0 Å². The molecule has 0 fully saturated rings. The minimum absolute atomic E-state index is 0.0135. The Kier molecular flexibility index (Phi) is 3.46. The minimum atomic E-state index is -4.82. The van der Waals surface area contributed by atoms with Crippen molar-refractivity contribution in [2.45, 2.75) is 6.36 Å². The Labute approximate surface area is 110 Å². The van der Waals surface area contributed by atoms with Gasteiger partial charge in [-0.25, -0.2) is 0 Å². The van der Waals surface area contributed by atoms with Crippen LogP contribution in [0.25, 0.3) is 0 Å². The van der Waals surface area contributed by atoms with Gasteiger partial charge in [-0.3, -0.25) is 5.10 Å². The number of ether oxygens (including phenoxy) is 1. The van der Waals surface area contributed by atoms with Crippen molar-refractivity contribution < 1.29 is 17.9 Å². The van der Waals surface area contributed by atoms with E-state index in [0.717, 1.165) is 6.07 Å². The van der Waals surface area contributed by atoms with Crippen molar-refractivity contribution in [2.75, 3.05) is 11.5 Å². The minimum Gasteiger partial charge on any atom is -0.403 e. The molecule has 1 heterocycles. The maximum Gasteiger partial charge on any atom is 0.573 e. The van der Waals surface area contributed by atoms with Crippen LogP contribution in [0, 0.1) is 0 Å². The zero-order valence-corrected chi connectivity index (χ0v) is 9.85. The highest BCUT2D eigenvalue weighted by Crippen LogP contribution is 2.34. The number of nitrogens with two attached hydrogens (primary N) is 2. The molecule has 0 atom stereocenters. The van der Waals surface area contributed by atoms with Gasteiger partial charge in [0, 0.05) is 0 Å². The van der Waals surface area contributed by atoms with Crippen molar-refractivity contribution in [1.82, 2.24) is 10.2 Å².